The van der Waals surface area contributed by atoms with E-state index in [0.717, 1.165) is 61.3 Å². The zero-order chi connectivity index (χ0) is 38.3. The van der Waals surface area contributed by atoms with Crippen LogP contribution in [0.5, 0.6) is 0 Å². The summed E-state index contributed by atoms with van der Waals surface area (Å²) in [5.74, 6) is -0.373. The Morgan fingerprint density at radius 1 is 0.673 bits per heavy atom. The van der Waals surface area contributed by atoms with E-state index in [2.05, 4.69) is 67.4 Å². The topological polar surface area (TPSA) is 116 Å². The van der Waals surface area contributed by atoms with Crippen LogP contribution in [0.15, 0.2) is 109 Å². The quantitative estimate of drug-likeness (QED) is 0.131. The molecule has 2 amide bonds. The predicted octanol–water partition coefficient (Wildman–Crippen LogP) is 9.21. The van der Waals surface area contributed by atoms with Crippen molar-refractivity contribution in [2.45, 2.75) is 59.5 Å². The molecule has 3 aromatic carbocycles. The highest BCUT2D eigenvalue weighted by atomic mass is 16.2. The molecular formula is C47H44N6O2. The molecule has 0 unspecified atom stereocenters. The van der Waals surface area contributed by atoms with E-state index in [-0.39, 0.29) is 17.2 Å². The van der Waals surface area contributed by atoms with Gasteiger partial charge in [-0.15, -0.1) is 0 Å². The van der Waals surface area contributed by atoms with Crippen LogP contribution in [0.4, 0.5) is 0 Å². The highest BCUT2D eigenvalue weighted by Gasteiger charge is 2.30. The molecule has 4 N–H and O–H groups in total. The van der Waals surface area contributed by atoms with Gasteiger partial charge in [0.15, 0.2) is 0 Å². The number of aryl methyl sites for hydroxylation is 3. The molecule has 8 bridgehead atoms. The van der Waals surface area contributed by atoms with E-state index in [9.17, 15) is 9.59 Å². The SMILES string of the molecule is Cc1cc(C)c(-c2c3nc(cc4nc(cc5cc(C(=O)NCc6ccccc6)c(cc6ccc2[nH]6)[nH]5)C(C)(C)C4)C(C(=O)NCc2ccccc2)=C3)c(C)c1. The second kappa shape index (κ2) is 14.4. The highest BCUT2D eigenvalue weighted by Crippen LogP contribution is 2.38. The Kier molecular flexibility index (Phi) is 9.27. The number of H-pyrrole nitrogens is 2. The molecule has 274 valence electrons. The van der Waals surface area contributed by atoms with Gasteiger partial charge >= 0.3 is 0 Å². The number of aromatic amines is 2. The van der Waals surface area contributed by atoms with Gasteiger partial charge in [0.25, 0.3) is 11.8 Å². The Morgan fingerprint density at radius 2 is 1.31 bits per heavy atom. The molecule has 8 heteroatoms. The number of hydrogen-bond acceptors (Lipinski definition) is 4. The molecule has 8 nitrogen and oxygen atoms in total. The molecule has 5 heterocycles. The first-order valence-corrected chi connectivity index (χ1v) is 18.7. The largest absolute Gasteiger partial charge is 0.355 e. The summed E-state index contributed by atoms with van der Waals surface area (Å²) in [6, 6.07) is 36.0. The van der Waals surface area contributed by atoms with Gasteiger partial charge in [-0.1, -0.05) is 92.2 Å². The number of hydrogen-bond donors (Lipinski definition) is 4. The van der Waals surface area contributed by atoms with Crippen molar-refractivity contribution < 1.29 is 9.59 Å². The van der Waals surface area contributed by atoms with Crippen LogP contribution in [-0.4, -0.2) is 31.8 Å². The summed E-state index contributed by atoms with van der Waals surface area (Å²) < 4.78 is 0. The molecule has 0 radical (unpaired) electrons. The summed E-state index contributed by atoms with van der Waals surface area (Å²) >= 11 is 0. The van der Waals surface area contributed by atoms with E-state index >= 15 is 0 Å². The number of nitrogens with one attached hydrogen (secondary N) is 4. The van der Waals surface area contributed by atoms with Crippen LogP contribution in [0, 0.1) is 20.8 Å². The van der Waals surface area contributed by atoms with Gasteiger partial charge in [-0.25, -0.2) is 4.98 Å². The zero-order valence-electron chi connectivity index (χ0n) is 31.8. The Balaban J connectivity index is 1.36. The molecule has 2 aliphatic heterocycles. The van der Waals surface area contributed by atoms with Gasteiger partial charge in [0.2, 0.25) is 0 Å². The van der Waals surface area contributed by atoms with Gasteiger partial charge in [-0.05, 0) is 91.1 Å². The molecular weight excluding hydrogens is 681 g/mol. The van der Waals surface area contributed by atoms with Crippen LogP contribution in [0.25, 0.3) is 44.8 Å². The minimum atomic E-state index is -0.308. The van der Waals surface area contributed by atoms with E-state index < -0.39 is 0 Å². The fourth-order valence-corrected chi connectivity index (χ4v) is 7.75. The van der Waals surface area contributed by atoms with Crippen LogP contribution in [0.2, 0.25) is 0 Å². The third-order valence-electron chi connectivity index (χ3n) is 10.4. The maximum atomic E-state index is 14.1. The summed E-state index contributed by atoms with van der Waals surface area (Å²) in [5.41, 5.74) is 14.1. The van der Waals surface area contributed by atoms with Crippen molar-refractivity contribution in [2.24, 2.45) is 0 Å². The van der Waals surface area contributed by atoms with E-state index in [1.54, 1.807) is 0 Å². The number of carbonyl (C=O) groups is 2. The van der Waals surface area contributed by atoms with Gasteiger partial charge in [-0.3, -0.25) is 14.6 Å². The normalized spacial score (nSPS) is 13.3. The van der Waals surface area contributed by atoms with E-state index in [0.29, 0.717) is 47.6 Å². The summed E-state index contributed by atoms with van der Waals surface area (Å²) in [5, 5.41) is 6.24. The van der Waals surface area contributed by atoms with Crippen LogP contribution in [0.1, 0.15) is 74.8 Å². The highest BCUT2D eigenvalue weighted by molar-refractivity contribution is 6.25. The van der Waals surface area contributed by atoms with Gasteiger partial charge in [0, 0.05) is 58.4 Å². The molecule has 3 aromatic heterocycles. The number of rotatable bonds is 7. The van der Waals surface area contributed by atoms with Gasteiger partial charge in [0.05, 0.1) is 28.0 Å². The van der Waals surface area contributed by atoms with Crippen LogP contribution in [0.3, 0.4) is 0 Å². The third kappa shape index (κ3) is 7.36. The van der Waals surface area contributed by atoms with E-state index in [1.807, 2.05) is 103 Å². The fourth-order valence-electron chi connectivity index (χ4n) is 7.75. The molecule has 0 fully saturated rings. The Morgan fingerprint density at radius 3 is 1.98 bits per heavy atom. The lowest BCUT2D eigenvalue weighted by Gasteiger charge is -2.15. The fraction of sp³-hybridized carbons (Fsp3) is 0.191. The molecule has 2 aliphatic rings. The Bertz CT molecular complexity index is 2640. The van der Waals surface area contributed by atoms with Crippen molar-refractivity contribution >= 4 is 45.5 Å². The third-order valence-corrected chi connectivity index (χ3v) is 10.4. The van der Waals surface area contributed by atoms with Gasteiger partial charge in [0.1, 0.15) is 0 Å². The molecule has 0 spiro atoms. The van der Waals surface area contributed by atoms with Crippen LogP contribution >= 0.6 is 0 Å². The monoisotopic (exact) mass is 724 g/mol. The molecule has 0 saturated carbocycles. The minimum Gasteiger partial charge on any atom is -0.355 e. The van der Waals surface area contributed by atoms with Crippen molar-refractivity contribution in [3.63, 3.8) is 0 Å². The summed E-state index contributed by atoms with van der Waals surface area (Å²) in [6.45, 7) is 11.5. The standard InChI is InChI=1S/C47H44N6O2/c1-28-18-29(2)43(30(3)19-28)44-38-17-16-33(50-38)21-39-36(45(54)48-26-31-12-8-6-9-13-31)20-34(51-39)23-42-47(4,5)25-35(52-42)22-40-37(24-41(44)53-40)46(55)49-27-32-14-10-7-11-15-32/h6-24,50-51H,25-27H2,1-5H3,(H,48,54)(H,49,55). The van der Waals surface area contributed by atoms with Crippen molar-refractivity contribution in [1.29, 1.82) is 0 Å². The average Bonchev–Trinajstić information content (AvgIpc) is 3.95. The van der Waals surface area contributed by atoms with Crippen molar-refractivity contribution in [1.82, 2.24) is 30.6 Å². The number of benzene rings is 3. The predicted molar refractivity (Wildman–Crippen MR) is 221 cm³/mol. The van der Waals surface area contributed by atoms with Crippen LogP contribution < -0.4 is 10.6 Å². The molecule has 55 heavy (non-hydrogen) atoms. The number of carbonyl (C=O) groups excluding carboxylic acids is 2. The summed E-state index contributed by atoms with van der Waals surface area (Å²) in [7, 11) is 0. The second-order valence-corrected chi connectivity index (χ2v) is 15.3. The summed E-state index contributed by atoms with van der Waals surface area (Å²) in [6.07, 6.45) is 2.56. The van der Waals surface area contributed by atoms with E-state index in [4.69, 9.17) is 9.97 Å². The lowest BCUT2D eigenvalue weighted by Crippen LogP contribution is -2.23. The van der Waals surface area contributed by atoms with Crippen LogP contribution in [-0.2, 0) is 29.7 Å². The molecule has 8 rings (SSSR count). The molecule has 0 saturated heterocycles. The zero-order valence-corrected chi connectivity index (χ0v) is 31.8. The first kappa shape index (κ1) is 35.5. The number of amides is 2. The summed E-state index contributed by atoms with van der Waals surface area (Å²) in [4.78, 5) is 45.3. The Hall–Kier alpha value is -6.54. The second-order valence-electron chi connectivity index (χ2n) is 15.3. The smallest absolute Gasteiger partial charge is 0.253 e. The van der Waals surface area contributed by atoms with Gasteiger partial charge < -0.3 is 20.6 Å². The van der Waals surface area contributed by atoms with Crippen molar-refractivity contribution in [2.75, 3.05) is 0 Å². The maximum Gasteiger partial charge on any atom is 0.253 e. The first-order chi connectivity index (χ1) is 26.5. The number of fused-ring (bicyclic) bond motifs is 8. The van der Waals surface area contributed by atoms with Crippen molar-refractivity contribution in [3.05, 3.63) is 165 Å². The molecule has 6 aromatic rings. The molecule has 0 atom stereocenters. The van der Waals surface area contributed by atoms with Crippen molar-refractivity contribution in [3.8, 4) is 11.1 Å². The van der Waals surface area contributed by atoms with Gasteiger partial charge in [-0.2, -0.15) is 0 Å². The van der Waals surface area contributed by atoms with E-state index in [1.165, 1.54) is 5.56 Å². The molecule has 0 aliphatic carbocycles. The first-order valence-electron chi connectivity index (χ1n) is 18.7. The number of nitrogens with zero attached hydrogens (tertiary/aromatic N) is 2. The minimum absolute atomic E-state index is 0.173. The lowest BCUT2D eigenvalue weighted by atomic mass is 9.87. The lowest BCUT2D eigenvalue weighted by molar-refractivity contribution is -0.115. The average molecular weight is 725 g/mol. The Labute approximate surface area is 320 Å². The maximum absolute atomic E-state index is 14.1. The number of aromatic nitrogens is 4.